The number of anilines is 1. The highest BCUT2D eigenvalue weighted by Crippen LogP contribution is 2.36. The topological polar surface area (TPSA) is 52.7 Å². The van der Waals surface area contributed by atoms with Crippen molar-refractivity contribution in [3.05, 3.63) is 29.8 Å². The van der Waals surface area contributed by atoms with Gasteiger partial charge in [-0.15, -0.1) is 0 Å². The number of hydrogen-bond donors (Lipinski definition) is 1. The lowest BCUT2D eigenvalue weighted by atomic mass is 9.79. The maximum Gasteiger partial charge on any atom is 0.321 e. The van der Waals surface area contributed by atoms with Crippen molar-refractivity contribution < 1.29 is 9.59 Å². The van der Waals surface area contributed by atoms with Crippen LogP contribution in [0.15, 0.2) is 24.3 Å². The fraction of sp³-hybridized carbons (Fsp3) is 0.579. The van der Waals surface area contributed by atoms with Crippen molar-refractivity contribution in [1.29, 1.82) is 0 Å². The van der Waals surface area contributed by atoms with Crippen molar-refractivity contribution in [3.63, 3.8) is 0 Å². The van der Waals surface area contributed by atoms with E-state index in [2.05, 4.69) is 5.32 Å². The van der Waals surface area contributed by atoms with Crippen molar-refractivity contribution in [2.75, 3.05) is 25.0 Å². The summed E-state index contributed by atoms with van der Waals surface area (Å²) in [5.41, 5.74) is 1.83. The molecule has 1 aromatic rings. The van der Waals surface area contributed by atoms with Crippen LogP contribution in [0.25, 0.3) is 0 Å². The van der Waals surface area contributed by atoms with Crippen LogP contribution in [-0.4, -0.2) is 46.9 Å². The number of amides is 3. The fourth-order valence-corrected chi connectivity index (χ4v) is 4.16. The van der Waals surface area contributed by atoms with Crippen molar-refractivity contribution in [1.82, 2.24) is 9.80 Å². The van der Waals surface area contributed by atoms with Gasteiger partial charge in [0, 0.05) is 31.7 Å². The Hall–Kier alpha value is -2.04. The Morgan fingerprint density at radius 2 is 1.92 bits per heavy atom. The number of carbonyl (C=O) groups excluding carboxylic acids is 2. The summed E-state index contributed by atoms with van der Waals surface area (Å²) in [5, 5.41) is 2.99. The number of hydrogen-bond acceptors (Lipinski definition) is 2. The molecule has 130 valence electrons. The molecule has 5 nitrogen and oxygen atoms in total. The van der Waals surface area contributed by atoms with E-state index in [1.165, 1.54) is 5.56 Å². The number of likely N-dealkylation sites (N-methyl/N-ethyl adjacent to an activating group) is 1. The molecular weight excluding hydrogens is 302 g/mol. The summed E-state index contributed by atoms with van der Waals surface area (Å²) in [5.74, 6) is 0.240. The largest absolute Gasteiger partial charge is 0.336 e. The molecular formula is C19H27N3O2. The van der Waals surface area contributed by atoms with E-state index in [-0.39, 0.29) is 17.5 Å². The molecule has 1 aromatic carbocycles. The van der Waals surface area contributed by atoms with Gasteiger partial charge >= 0.3 is 6.03 Å². The number of carbonyl (C=O) groups is 2. The van der Waals surface area contributed by atoms with Crippen LogP contribution >= 0.6 is 0 Å². The molecule has 0 bridgehead atoms. The van der Waals surface area contributed by atoms with Crippen molar-refractivity contribution in [2.45, 2.75) is 51.5 Å². The van der Waals surface area contributed by atoms with Gasteiger partial charge in [0.2, 0.25) is 5.91 Å². The highest BCUT2D eigenvalue weighted by atomic mass is 16.2. The van der Waals surface area contributed by atoms with Gasteiger partial charge in [0.15, 0.2) is 0 Å². The second-order valence-corrected chi connectivity index (χ2v) is 7.04. The van der Waals surface area contributed by atoms with Crippen molar-refractivity contribution in [2.24, 2.45) is 0 Å². The Morgan fingerprint density at radius 3 is 2.62 bits per heavy atom. The number of nitrogens with one attached hydrogen (secondary N) is 1. The first kappa shape index (κ1) is 16.8. The normalized spacial score (nSPS) is 24.3. The van der Waals surface area contributed by atoms with Gasteiger partial charge < -0.3 is 15.1 Å². The van der Waals surface area contributed by atoms with Gasteiger partial charge in [0.25, 0.3) is 0 Å². The van der Waals surface area contributed by atoms with Crippen LogP contribution in [0.4, 0.5) is 10.5 Å². The molecule has 2 fully saturated rings. The summed E-state index contributed by atoms with van der Waals surface area (Å²) >= 11 is 0. The van der Waals surface area contributed by atoms with Gasteiger partial charge in [-0.25, -0.2) is 4.79 Å². The number of nitrogens with zero attached hydrogens (tertiary/aromatic N) is 2. The maximum absolute atomic E-state index is 12.7. The zero-order chi connectivity index (χ0) is 17.2. The predicted octanol–water partition coefficient (Wildman–Crippen LogP) is 3.39. The summed E-state index contributed by atoms with van der Waals surface area (Å²) in [6, 6.07) is 7.77. The van der Waals surface area contributed by atoms with Crippen molar-refractivity contribution >= 4 is 17.6 Å². The Kier molecular flexibility index (Phi) is 4.78. The summed E-state index contributed by atoms with van der Waals surface area (Å²) in [7, 11) is 0. The Morgan fingerprint density at radius 1 is 1.21 bits per heavy atom. The minimum Gasteiger partial charge on any atom is -0.336 e. The fourth-order valence-electron chi connectivity index (χ4n) is 4.16. The predicted molar refractivity (Wildman–Crippen MR) is 95.0 cm³/mol. The third-order valence-corrected chi connectivity index (χ3v) is 5.37. The molecule has 2 aliphatic rings. The van der Waals surface area contributed by atoms with E-state index >= 15 is 0 Å². The standard InChI is InChI=1S/C19H27N3O2/c1-3-22-17(23)6-4-11-19(22)12-5-13-21(14-19)18(24)20-16-9-7-15(2)8-10-16/h7-10H,3-6,11-14H2,1-2H3,(H,20,24)/t19-/m1/s1. The zero-order valence-electron chi connectivity index (χ0n) is 14.7. The lowest BCUT2D eigenvalue weighted by Crippen LogP contribution is -2.63. The smallest absolute Gasteiger partial charge is 0.321 e. The molecule has 1 spiro atoms. The quantitative estimate of drug-likeness (QED) is 0.904. The average molecular weight is 329 g/mol. The minimum absolute atomic E-state index is 0.0630. The molecule has 1 atom stereocenters. The Labute approximate surface area is 144 Å². The molecule has 1 N–H and O–H groups in total. The lowest BCUT2D eigenvalue weighted by Gasteiger charge is -2.51. The SMILES string of the molecule is CCN1C(=O)CCC[C@]12CCCN(C(=O)Nc1ccc(C)cc1)C2. The summed E-state index contributed by atoms with van der Waals surface area (Å²) in [6.45, 7) is 6.19. The van der Waals surface area contributed by atoms with Crippen molar-refractivity contribution in [3.8, 4) is 0 Å². The number of rotatable bonds is 2. The minimum atomic E-state index is -0.160. The number of benzene rings is 1. The van der Waals surface area contributed by atoms with Gasteiger partial charge in [-0.2, -0.15) is 0 Å². The molecule has 0 radical (unpaired) electrons. The lowest BCUT2D eigenvalue weighted by molar-refractivity contribution is -0.144. The molecule has 5 heteroatoms. The second-order valence-electron chi connectivity index (χ2n) is 7.04. The van der Waals surface area contributed by atoms with Gasteiger partial charge in [-0.3, -0.25) is 4.79 Å². The van der Waals surface area contributed by atoms with Crippen LogP contribution in [0, 0.1) is 6.92 Å². The highest BCUT2D eigenvalue weighted by Gasteiger charge is 2.45. The van der Waals surface area contributed by atoms with Gasteiger partial charge in [-0.05, 0) is 51.7 Å². The zero-order valence-corrected chi connectivity index (χ0v) is 14.7. The molecule has 0 saturated carbocycles. The average Bonchev–Trinajstić information content (AvgIpc) is 2.57. The first-order valence-corrected chi connectivity index (χ1v) is 8.97. The number of urea groups is 1. The monoisotopic (exact) mass is 329 g/mol. The van der Waals surface area contributed by atoms with Gasteiger partial charge in [0.1, 0.15) is 0 Å². The highest BCUT2D eigenvalue weighted by molar-refractivity contribution is 5.89. The Bertz CT molecular complexity index is 610. The molecule has 3 rings (SSSR count). The van der Waals surface area contributed by atoms with Crippen LogP contribution in [0.5, 0.6) is 0 Å². The number of aryl methyl sites for hydroxylation is 1. The second kappa shape index (κ2) is 6.83. The Balaban J connectivity index is 1.71. The first-order valence-electron chi connectivity index (χ1n) is 8.97. The van der Waals surface area contributed by atoms with Crippen LogP contribution < -0.4 is 5.32 Å². The number of piperidine rings is 2. The van der Waals surface area contributed by atoms with E-state index in [0.717, 1.165) is 44.5 Å². The summed E-state index contributed by atoms with van der Waals surface area (Å²) < 4.78 is 0. The third kappa shape index (κ3) is 3.25. The number of likely N-dealkylation sites (tertiary alicyclic amines) is 2. The van der Waals surface area contributed by atoms with E-state index < -0.39 is 0 Å². The molecule has 2 heterocycles. The van der Waals surface area contributed by atoms with Gasteiger partial charge in [0.05, 0.1) is 5.54 Å². The van der Waals surface area contributed by atoms with E-state index in [1.807, 2.05) is 47.9 Å². The van der Waals surface area contributed by atoms with Crippen LogP contribution in [0.3, 0.4) is 0 Å². The van der Waals surface area contributed by atoms with E-state index in [4.69, 9.17) is 0 Å². The van der Waals surface area contributed by atoms with Crippen LogP contribution in [0.1, 0.15) is 44.6 Å². The van der Waals surface area contributed by atoms with E-state index in [9.17, 15) is 9.59 Å². The molecule has 0 aliphatic carbocycles. The van der Waals surface area contributed by atoms with E-state index in [1.54, 1.807) is 0 Å². The molecule has 24 heavy (non-hydrogen) atoms. The van der Waals surface area contributed by atoms with Crippen LogP contribution in [-0.2, 0) is 4.79 Å². The third-order valence-electron chi connectivity index (χ3n) is 5.37. The summed E-state index contributed by atoms with van der Waals surface area (Å²) in [6.07, 6.45) is 4.53. The van der Waals surface area contributed by atoms with E-state index in [0.29, 0.717) is 13.0 Å². The molecule has 3 amide bonds. The molecule has 2 saturated heterocycles. The molecule has 0 unspecified atom stereocenters. The maximum atomic E-state index is 12.7. The first-order chi connectivity index (χ1) is 11.5. The summed E-state index contributed by atoms with van der Waals surface area (Å²) in [4.78, 5) is 28.9. The van der Waals surface area contributed by atoms with Gasteiger partial charge in [-0.1, -0.05) is 17.7 Å². The molecule has 0 aromatic heterocycles. The van der Waals surface area contributed by atoms with Crippen LogP contribution in [0.2, 0.25) is 0 Å². The molecule has 2 aliphatic heterocycles.